The van der Waals surface area contributed by atoms with Crippen LogP contribution >= 0.6 is 11.6 Å². The number of hydrogen-bond acceptors (Lipinski definition) is 2. The van der Waals surface area contributed by atoms with E-state index in [1.165, 1.54) is 24.8 Å². The maximum atomic E-state index is 5.87. The SMILES string of the molecule is ClCC1CN(Cc2ccc3c(c2)CCC3)CCO1. The van der Waals surface area contributed by atoms with Gasteiger partial charge in [-0.15, -0.1) is 11.6 Å². The molecule has 1 aliphatic carbocycles. The number of benzene rings is 1. The summed E-state index contributed by atoms with van der Waals surface area (Å²) in [6, 6.07) is 7.00. The monoisotopic (exact) mass is 265 g/mol. The number of fused-ring (bicyclic) bond motifs is 1. The molecular formula is C15H20ClNO. The maximum Gasteiger partial charge on any atom is 0.0837 e. The van der Waals surface area contributed by atoms with Gasteiger partial charge in [-0.2, -0.15) is 0 Å². The van der Waals surface area contributed by atoms with Crippen molar-refractivity contribution in [2.75, 3.05) is 25.6 Å². The summed E-state index contributed by atoms with van der Waals surface area (Å²) in [7, 11) is 0. The van der Waals surface area contributed by atoms with Crippen LogP contribution in [-0.4, -0.2) is 36.6 Å². The van der Waals surface area contributed by atoms with Crippen LogP contribution in [0.3, 0.4) is 0 Å². The number of alkyl halides is 1. The summed E-state index contributed by atoms with van der Waals surface area (Å²) in [6.07, 6.45) is 4.05. The molecule has 0 spiro atoms. The van der Waals surface area contributed by atoms with Crippen molar-refractivity contribution < 1.29 is 4.74 Å². The van der Waals surface area contributed by atoms with Crippen LogP contribution in [0.25, 0.3) is 0 Å². The highest BCUT2D eigenvalue weighted by Gasteiger charge is 2.20. The van der Waals surface area contributed by atoms with E-state index in [2.05, 4.69) is 23.1 Å². The number of morpholine rings is 1. The van der Waals surface area contributed by atoms with Crippen molar-refractivity contribution in [2.45, 2.75) is 31.9 Å². The highest BCUT2D eigenvalue weighted by Crippen LogP contribution is 2.23. The molecule has 3 rings (SSSR count). The number of aryl methyl sites for hydroxylation is 2. The van der Waals surface area contributed by atoms with Crippen molar-refractivity contribution in [1.29, 1.82) is 0 Å². The number of ether oxygens (including phenoxy) is 1. The van der Waals surface area contributed by atoms with E-state index in [9.17, 15) is 0 Å². The molecule has 0 N–H and O–H groups in total. The van der Waals surface area contributed by atoms with Gasteiger partial charge in [0, 0.05) is 25.5 Å². The summed E-state index contributed by atoms with van der Waals surface area (Å²) in [6.45, 7) is 3.82. The van der Waals surface area contributed by atoms with Gasteiger partial charge in [0.25, 0.3) is 0 Å². The Kier molecular flexibility index (Phi) is 3.88. The topological polar surface area (TPSA) is 12.5 Å². The fourth-order valence-corrected chi connectivity index (χ4v) is 3.19. The molecule has 3 heteroatoms. The van der Waals surface area contributed by atoms with Gasteiger partial charge >= 0.3 is 0 Å². The Morgan fingerprint density at radius 3 is 3.06 bits per heavy atom. The Bertz CT molecular complexity index is 421. The second-order valence-corrected chi connectivity index (χ2v) is 5.65. The zero-order valence-corrected chi connectivity index (χ0v) is 11.5. The van der Waals surface area contributed by atoms with Crippen molar-refractivity contribution in [3.05, 3.63) is 34.9 Å². The standard InChI is InChI=1S/C15H20ClNO/c16-9-15-11-17(6-7-18-15)10-12-4-5-13-2-1-3-14(13)8-12/h4-5,8,15H,1-3,6-7,9-11H2. The Hall–Kier alpha value is -0.570. The minimum absolute atomic E-state index is 0.204. The van der Waals surface area contributed by atoms with Gasteiger partial charge in [0.05, 0.1) is 12.7 Å². The summed E-state index contributed by atoms with van der Waals surface area (Å²) in [5.74, 6) is 0.598. The summed E-state index contributed by atoms with van der Waals surface area (Å²) < 4.78 is 5.60. The van der Waals surface area contributed by atoms with Crippen LogP contribution in [0.2, 0.25) is 0 Å². The Balaban J connectivity index is 1.65. The molecule has 18 heavy (non-hydrogen) atoms. The van der Waals surface area contributed by atoms with Crippen molar-refractivity contribution in [3.8, 4) is 0 Å². The molecule has 1 fully saturated rings. The van der Waals surface area contributed by atoms with Crippen LogP contribution in [0.1, 0.15) is 23.1 Å². The normalized spacial score (nSPS) is 24.2. The number of halogens is 1. The molecular weight excluding hydrogens is 246 g/mol. The Morgan fingerprint density at radius 2 is 2.17 bits per heavy atom. The summed E-state index contributed by atoms with van der Waals surface area (Å²) in [4.78, 5) is 2.45. The van der Waals surface area contributed by atoms with E-state index >= 15 is 0 Å². The van der Waals surface area contributed by atoms with E-state index in [1.807, 2.05) is 0 Å². The number of hydrogen-bond donors (Lipinski definition) is 0. The molecule has 1 saturated heterocycles. The average molecular weight is 266 g/mol. The largest absolute Gasteiger partial charge is 0.374 e. The predicted molar refractivity (Wildman–Crippen MR) is 74.2 cm³/mol. The van der Waals surface area contributed by atoms with Gasteiger partial charge in [-0.1, -0.05) is 18.2 Å². The van der Waals surface area contributed by atoms with Crippen LogP contribution in [0.4, 0.5) is 0 Å². The van der Waals surface area contributed by atoms with E-state index in [-0.39, 0.29) is 6.10 Å². The first-order valence-electron chi connectivity index (χ1n) is 6.86. The van der Waals surface area contributed by atoms with Crippen LogP contribution in [0.5, 0.6) is 0 Å². The zero-order valence-electron chi connectivity index (χ0n) is 10.7. The van der Waals surface area contributed by atoms with E-state index in [0.717, 1.165) is 26.2 Å². The predicted octanol–water partition coefficient (Wildman–Crippen LogP) is 2.61. The Labute approximate surface area is 114 Å². The second kappa shape index (κ2) is 5.60. The molecule has 0 radical (unpaired) electrons. The van der Waals surface area contributed by atoms with Crippen molar-refractivity contribution in [3.63, 3.8) is 0 Å². The third-order valence-corrected chi connectivity index (χ3v) is 4.31. The van der Waals surface area contributed by atoms with Gasteiger partial charge in [0.2, 0.25) is 0 Å². The molecule has 2 aliphatic rings. The third-order valence-electron chi connectivity index (χ3n) is 3.96. The highest BCUT2D eigenvalue weighted by molar-refractivity contribution is 6.18. The molecule has 0 aromatic heterocycles. The second-order valence-electron chi connectivity index (χ2n) is 5.34. The van der Waals surface area contributed by atoms with Crippen molar-refractivity contribution >= 4 is 11.6 Å². The van der Waals surface area contributed by atoms with Gasteiger partial charge in [0.1, 0.15) is 0 Å². The molecule has 98 valence electrons. The molecule has 1 unspecified atom stereocenters. The van der Waals surface area contributed by atoms with Gasteiger partial charge in [-0.25, -0.2) is 0 Å². The molecule has 0 amide bonds. The van der Waals surface area contributed by atoms with E-state index < -0.39 is 0 Å². The van der Waals surface area contributed by atoms with E-state index in [0.29, 0.717) is 5.88 Å². The molecule has 1 aromatic carbocycles. The fourth-order valence-electron chi connectivity index (χ4n) is 3.00. The van der Waals surface area contributed by atoms with Crippen LogP contribution < -0.4 is 0 Å². The quantitative estimate of drug-likeness (QED) is 0.779. The number of nitrogens with zero attached hydrogens (tertiary/aromatic N) is 1. The van der Waals surface area contributed by atoms with Gasteiger partial charge in [0.15, 0.2) is 0 Å². The van der Waals surface area contributed by atoms with Crippen molar-refractivity contribution in [1.82, 2.24) is 4.90 Å². The average Bonchev–Trinajstić information content (AvgIpc) is 2.86. The maximum absolute atomic E-state index is 5.87. The summed E-state index contributed by atoms with van der Waals surface area (Å²) >= 11 is 5.87. The molecule has 1 aromatic rings. The molecule has 0 bridgehead atoms. The van der Waals surface area contributed by atoms with Crippen LogP contribution in [0.15, 0.2) is 18.2 Å². The van der Waals surface area contributed by atoms with Gasteiger partial charge in [-0.05, 0) is 36.0 Å². The number of rotatable bonds is 3. The lowest BCUT2D eigenvalue weighted by Crippen LogP contribution is -2.42. The first-order chi connectivity index (χ1) is 8.85. The summed E-state index contributed by atoms with van der Waals surface area (Å²) in [5, 5.41) is 0. The lowest BCUT2D eigenvalue weighted by Gasteiger charge is -2.32. The first-order valence-corrected chi connectivity index (χ1v) is 7.39. The van der Waals surface area contributed by atoms with Crippen LogP contribution in [-0.2, 0) is 24.1 Å². The van der Waals surface area contributed by atoms with E-state index in [4.69, 9.17) is 16.3 Å². The lowest BCUT2D eigenvalue weighted by molar-refractivity contribution is -0.0194. The molecule has 1 atom stereocenters. The molecule has 1 heterocycles. The molecule has 2 nitrogen and oxygen atoms in total. The first kappa shape index (κ1) is 12.5. The van der Waals surface area contributed by atoms with E-state index in [1.54, 1.807) is 11.1 Å². The van der Waals surface area contributed by atoms with Gasteiger partial charge in [-0.3, -0.25) is 4.90 Å². The van der Waals surface area contributed by atoms with Gasteiger partial charge < -0.3 is 4.74 Å². The minimum Gasteiger partial charge on any atom is -0.374 e. The molecule has 1 aliphatic heterocycles. The third kappa shape index (κ3) is 2.71. The smallest absolute Gasteiger partial charge is 0.0837 e. The molecule has 0 saturated carbocycles. The highest BCUT2D eigenvalue weighted by atomic mass is 35.5. The zero-order chi connectivity index (χ0) is 12.4. The minimum atomic E-state index is 0.204. The lowest BCUT2D eigenvalue weighted by atomic mass is 10.1. The Morgan fingerprint density at radius 1 is 1.28 bits per heavy atom. The summed E-state index contributed by atoms with van der Waals surface area (Å²) in [5.41, 5.74) is 4.56. The van der Waals surface area contributed by atoms with Crippen molar-refractivity contribution in [2.24, 2.45) is 0 Å². The fraction of sp³-hybridized carbons (Fsp3) is 0.600. The van der Waals surface area contributed by atoms with Crippen LogP contribution in [0, 0.1) is 0 Å².